The Kier molecular flexibility index (Phi) is 4.18. The van der Waals surface area contributed by atoms with Crippen molar-refractivity contribution in [2.45, 2.75) is 13.8 Å². The first-order valence-electron chi connectivity index (χ1n) is 7.48. The summed E-state index contributed by atoms with van der Waals surface area (Å²) in [6.45, 7) is 3.82. The van der Waals surface area contributed by atoms with Crippen molar-refractivity contribution in [2.75, 3.05) is 5.32 Å². The zero-order valence-electron chi connectivity index (χ0n) is 13.4. The molecule has 0 unspecified atom stereocenters. The smallest absolute Gasteiger partial charge is 0.276 e. The van der Waals surface area contributed by atoms with Gasteiger partial charge in [0.25, 0.3) is 5.91 Å². The Morgan fingerprint density at radius 2 is 2.12 bits per heavy atom. The molecule has 5 nitrogen and oxygen atoms in total. The van der Waals surface area contributed by atoms with E-state index in [1.165, 1.54) is 11.3 Å². The van der Waals surface area contributed by atoms with Crippen molar-refractivity contribution in [2.24, 2.45) is 0 Å². The van der Waals surface area contributed by atoms with E-state index in [9.17, 15) is 4.79 Å². The molecule has 4 aromatic heterocycles. The lowest BCUT2D eigenvalue weighted by molar-refractivity contribution is 0.102. The van der Waals surface area contributed by atoms with Crippen molar-refractivity contribution in [3.05, 3.63) is 56.6 Å². The first-order valence-corrected chi connectivity index (χ1v) is 10.0. The number of pyridine rings is 1. The van der Waals surface area contributed by atoms with Gasteiger partial charge in [0.1, 0.15) is 11.3 Å². The SMILES string of the molecule is Cc1nc2c(C)cc(Br)cn2c1C(=O)Nc1nc(-c2cccs2)cs1. The lowest BCUT2D eigenvalue weighted by atomic mass is 10.3. The van der Waals surface area contributed by atoms with Crippen LogP contribution in [-0.2, 0) is 0 Å². The van der Waals surface area contributed by atoms with Crippen LogP contribution < -0.4 is 5.32 Å². The van der Waals surface area contributed by atoms with E-state index in [4.69, 9.17) is 0 Å². The second-order valence-electron chi connectivity index (χ2n) is 5.55. The minimum absolute atomic E-state index is 0.213. The number of aryl methyl sites for hydroxylation is 2. The number of thiazole rings is 1. The molecule has 1 N–H and O–H groups in total. The lowest BCUT2D eigenvalue weighted by Gasteiger charge is -2.05. The molecule has 1 amide bonds. The van der Waals surface area contributed by atoms with Gasteiger partial charge in [-0.3, -0.25) is 14.5 Å². The summed E-state index contributed by atoms with van der Waals surface area (Å²) in [5.41, 5.74) is 3.87. The standard InChI is InChI=1S/C17H13BrN4OS2/c1-9-6-11(18)7-22-14(10(2)19-15(9)22)16(23)21-17-20-12(8-25-17)13-4-3-5-24-13/h3-8H,1-2H3,(H,20,21,23). The Morgan fingerprint density at radius 1 is 1.28 bits per heavy atom. The van der Waals surface area contributed by atoms with Gasteiger partial charge < -0.3 is 0 Å². The Labute approximate surface area is 160 Å². The zero-order chi connectivity index (χ0) is 17.6. The molecule has 0 aliphatic heterocycles. The molecule has 4 aromatic rings. The number of carbonyl (C=O) groups excluding carboxylic acids is 1. The predicted octanol–water partition coefficient (Wildman–Crippen LogP) is 5.15. The van der Waals surface area contributed by atoms with E-state index in [1.807, 2.05) is 53.4 Å². The van der Waals surface area contributed by atoms with Gasteiger partial charge in [-0.2, -0.15) is 0 Å². The van der Waals surface area contributed by atoms with Crippen LogP contribution in [0.3, 0.4) is 0 Å². The largest absolute Gasteiger partial charge is 0.296 e. The fourth-order valence-corrected chi connectivity index (χ4v) is 4.69. The highest BCUT2D eigenvalue weighted by Crippen LogP contribution is 2.29. The van der Waals surface area contributed by atoms with Gasteiger partial charge in [0.2, 0.25) is 0 Å². The van der Waals surface area contributed by atoms with E-state index < -0.39 is 0 Å². The third-order valence-corrected chi connectivity index (χ3v) is 5.84. The molecule has 0 aliphatic carbocycles. The number of aromatic nitrogens is 3. The first-order chi connectivity index (χ1) is 12.0. The van der Waals surface area contributed by atoms with Gasteiger partial charge in [-0.05, 0) is 52.9 Å². The molecule has 4 heterocycles. The summed E-state index contributed by atoms with van der Waals surface area (Å²) in [7, 11) is 0. The number of imidazole rings is 1. The molecule has 0 atom stereocenters. The fourth-order valence-electron chi connectivity index (χ4n) is 2.68. The number of nitrogens with one attached hydrogen (secondary N) is 1. The molecular weight excluding hydrogens is 420 g/mol. The highest BCUT2D eigenvalue weighted by Gasteiger charge is 2.19. The Balaban J connectivity index is 1.68. The third-order valence-electron chi connectivity index (χ3n) is 3.76. The number of amides is 1. The predicted molar refractivity (Wildman–Crippen MR) is 106 cm³/mol. The molecule has 8 heteroatoms. The van der Waals surface area contributed by atoms with Gasteiger partial charge in [-0.1, -0.05) is 6.07 Å². The number of anilines is 1. The Bertz CT molecular complexity index is 1080. The van der Waals surface area contributed by atoms with Gasteiger partial charge in [-0.25, -0.2) is 9.97 Å². The maximum absolute atomic E-state index is 12.8. The summed E-state index contributed by atoms with van der Waals surface area (Å²) in [5, 5.41) is 7.43. The van der Waals surface area contributed by atoms with Crippen LogP contribution in [0.2, 0.25) is 0 Å². The number of hydrogen-bond donors (Lipinski definition) is 1. The van der Waals surface area contributed by atoms with Crippen molar-refractivity contribution in [1.29, 1.82) is 0 Å². The summed E-state index contributed by atoms with van der Waals surface area (Å²) >= 11 is 6.52. The molecule has 25 heavy (non-hydrogen) atoms. The molecule has 0 fully saturated rings. The molecule has 126 valence electrons. The number of halogens is 1. The molecule has 0 aromatic carbocycles. The van der Waals surface area contributed by atoms with Crippen molar-refractivity contribution in [3.8, 4) is 10.6 Å². The summed E-state index contributed by atoms with van der Waals surface area (Å²) in [5.74, 6) is -0.213. The number of carbonyl (C=O) groups is 1. The van der Waals surface area contributed by atoms with Gasteiger partial charge in [-0.15, -0.1) is 22.7 Å². The van der Waals surface area contributed by atoms with E-state index >= 15 is 0 Å². The number of rotatable bonds is 3. The quantitative estimate of drug-likeness (QED) is 0.486. The van der Waals surface area contributed by atoms with E-state index in [-0.39, 0.29) is 5.91 Å². The number of nitrogens with zero attached hydrogens (tertiary/aromatic N) is 3. The maximum atomic E-state index is 12.8. The monoisotopic (exact) mass is 432 g/mol. The zero-order valence-corrected chi connectivity index (χ0v) is 16.6. The number of thiophene rings is 1. The first kappa shape index (κ1) is 16.4. The van der Waals surface area contributed by atoms with E-state index in [2.05, 4.69) is 31.2 Å². The van der Waals surface area contributed by atoms with Crippen LogP contribution >= 0.6 is 38.6 Å². The van der Waals surface area contributed by atoms with E-state index in [1.54, 1.807) is 11.3 Å². The average Bonchev–Trinajstić information content (AvgIpc) is 3.25. The molecule has 0 radical (unpaired) electrons. The van der Waals surface area contributed by atoms with Crippen LogP contribution in [0.15, 0.2) is 39.6 Å². The normalized spacial score (nSPS) is 11.2. The van der Waals surface area contributed by atoms with Gasteiger partial charge >= 0.3 is 0 Å². The van der Waals surface area contributed by atoms with Crippen molar-refractivity contribution >= 4 is 55.3 Å². The molecule has 0 spiro atoms. The number of fused-ring (bicyclic) bond motifs is 1. The van der Waals surface area contributed by atoms with E-state index in [0.29, 0.717) is 16.5 Å². The molecule has 0 bridgehead atoms. The van der Waals surface area contributed by atoms with Crippen LogP contribution in [0, 0.1) is 13.8 Å². The van der Waals surface area contributed by atoms with Crippen LogP contribution in [-0.4, -0.2) is 20.3 Å². The van der Waals surface area contributed by atoms with E-state index in [0.717, 1.165) is 26.3 Å². The van der Waals surface area contributed by atoms with Crippen LogP contribution in [0.4, 0.5) is 5.13 Å². The number of hydrogen-bond acceptors (Lipinski definition) is 5. The van der Waals surface area contributed by atoms with Crippen molar-refractivity contribution < 1.29 is 4.79 Å². The van der Waals surface area contributed by atoms with Gasteiger partial charge in [0, 0.05) is 16.0 Å². The van der Waals surface area contributed by atoms with Gasteiger partial charge in [0.15, 0.2) is 5.13 Å². The van der Waals surface area contributed by atoms with Crippen LogP contribution in [0.25, 0.3) is 16.2 Å². The summed E-state index contributed by atoms with van der Waals surface area (Å²) in [6.07, 6.45) is 1.86. The molecule has 0 saturated heterocycles. The van der Waals surface area contributed by atoms with Crippen LogP contribution in [0.1, 0.15) is 21.7 Å². The van der Waals surface area contributed by atoms with Crippen molar-refractivity contribution in [3.63, 3.8) is 0 Å². The third kappa shape index (κ3) is 3.01. The summed E-state index contributed by atoms with van der Waals surface area (Å²) in [6, 6.07) is 5.98. The average molecular weight is 433 g/mol. The Morgan fingerprint density at radius 3 is 2.88 bits per heavy atom. The highest BCUT2D eigenvalue weighted by atomic mass is 79.9. The lowest BCUT2D eigenvalue weighted by Crippen LogP contribution is -2.15. The van der Waals surface area contributed by atoms with Crippen molar-refractivity contribution in [1.82, 2.24) is 14.4 Å². The molecule has 0 saturated carbocycles. The minimum Gasteiger partial charge on any atom is -0.296 e. The second-order valence-corrected chi connectivity index (χ2v) is 8.27. The highest BCUT2D eigenvalue weighted by molar-refractivity contribution is 9.10. The fraction of sp³-hybridized carbons (Fsp3) is 0.118. The topological polar surface area (TPSA) is 59.3 Å². The van der Waals surface area contributed by atoms with Crippen LogP contribution in [0.5, 0.6) is 0 Å². The summed E-state index contributed by atoms with van der Waals surface area (Å²) < 4.78 is 2.72. The maximum Gasteiger partial charge on any atom is 0.276 e. The van der Waals surface area contributed by atoms with Gasteiger partial charge in [0.05, 0.1) is 16.3 Å². The molecule has 0 aliphatic rings. The second kappa shape index (κ2) is 6.36. The molecular formula is C17H13BrN4OS2. The Hall–Kier alpha value is -2.03. The molecule has 4 rings (SSSR count). The minimum atomic E-state index is -0.213. The summed E-state index contributed by atoms with van der Waals surface area (Å²) in [4.78, 5) is 22.9.